The lowest BCUT2D eigenvalue weighted by Gasteiger charge is -2.16. The average Bonchev–Trinajstić information content (AvgIpc) is 3.32. The fraction of sp³-hybridized carbons (Fsp3) is 0.368. The first-order valence-corrected chi connectivity index (χ1v) is 8.77. The number of benzene rings is 1. The summed E-state index contributed by atoms with van der Waals surface area (Å²) in [4.78, 5) is 6.50. The van der Waals surface area contributed by atoms with Crippen molar-refractivity contribution >= 4 is 0 Å². The Morgan fingerprint density at radius 3 is 2.81 bits per heavy atom. The lowest BCUT2D eigenvalue weighted by atomic mass is 10.2. The number of nitrogens with zero attached hydrogens (tertiary/aromatic N) is 5. The van der Waals surface area contributed by atoms with Crippen LogP contribution in [0.3, 0.4) is 0 Å². The smallest absolute Gasteiger partial charge is 0.157 e. The van der Waals surface area contributed by atoms with Crippen LogP contribution in [0.25, 0.3) is 0 Å². The van der Waals surface area contributed by atoms with E-state index in [2.05, 4.69) is 27.1 Å². The summed E-state index contributed by atoms with van der Waals surface area (Å²) in [5.41, 5.74) is 1.18. The van der Waals surface area contributed by atoms with Gasteiger partial charge >= 0.3 is 0 Å². The van der Waals surface area contributed by atoms with Crippen molar-refractivity contribution in [3.05, 3.63) is 66.5 Å². The van der Waals surface area contributed by atoms with Crippen LogP contribution in [0, 0.1) is 0 Å². The van der Waals surface area contributed by atoms with Gasteiger partial charge in [0, 0.05) is 32.5 Å². The third-order valence-corrected chi connectivity index (χ3v) is 4.68. The molecule has 136 valence electrons. The molecule has 0 bridgehead atoms. The van der Waals surface area contributed by atoms with Crippen LogP contribution in [0.1, 0.15) is 11.4 Å². The molecule has 0 unspecified atom stereocenters. The summed E-state index contributed by atoms with van der Waals surface area (Å²) in [5, 5.41) is 14.7. The largest absolute Gasteiger partial charge is 0.483 e. The maximum absolute atomic E-state index is 10.3. The van der Waals surface area contributed by atoms with Gasteiger partial charge in [0.2, 0.25) is 0 Å². The van der Waals surface area contributed by atoms with Crippen molar-refractivity contribution in [2.45, 2.75) is 25.3 Å². The third kappa shape index (κ3) is 3.79. The van der Waals surface area contributed by atoms with Gasteiger partial charge in [-0.05, 0) is 5.56 Å². The van der Waals surface area contributed by atoms with Gasteiger partial charge in [-0.3, -0.25) is 9.58 Å². The van der Waals surface area contributed by atoms with Crippen molar-refractivity contribution in [3.8, 4) is 5.75 Å². The summed E-state index contributed by atoms with van der Waals surface area (Å²) in [5.74, 6) is 1.66. The molecule has 1 saturated heterocycles. The molecule has 1 aliphatic heterocycles. The van der Waals surface area contributed by atoms with E-state index in [-0.39, 0.29) is 6.10 Å². The molecule has 2 atom stereocenters. The van der Waals surface area contributed by atoms with Gasteiger partial charge in [0.05, 0.1) is 25.5 Å². The second-order valence-electron chi connectivity index (χ2n) is 6.73. The van der Waals surface area contributed by atoms with E-state index >= 15 is 0 Å². The highest BCUT2D eigenvalue weighted by Crippen LogP contribution is 2.20. The zero-order valence-corrected chi connectivity index (χ0v) is 14.8. The normalized spacial score (nSPS) is 20.5. The van der Waals surface area contributed by atoms with E-state index in [9.17, 15) is 5.11 Å². The monoisotopic (exact) mass is 353 g/mol. The number of hydrogen-bond acceptors (Lipinski definition) is 5. The lowest BCUT2D eigenvalue weighted by molar-refractivity contribution is 0.0736. The Kier molecular flexibility index (Phi) is 4.73. The molecule has 7 nitrogen and oxygen atoms in total. The second-order valence-corrected chi connectivity index (χ2v) is 6.73. The predicted molar refractivity (Wildman–Crippen MR) is 96.7 cm³/mol. The van der Waals surface area contributed by atoms with Crippen LogP contribution < -0.4 is 4.74 Å². The summed E-state index contributed by atoms with van der Waals surface area (Å²) < 4.78 is 9.82. The van der Waals surface area contributed by atoms with Crippen molar-refractivity contribution in [1.82, 2.24) is 24.2 Å². The van der Waals surface area contributed by atoms with E-state index in [0.717, 1.165) is 5.82 Å². The van der Waals surface area contributed by atoms with E-state index in [1.165, 1.54) is 5.56 Å². The fourth-order valence-electron chi connectivity index (χ4n) is 3.26. The molecule has 0 aliphatic carbocycles. The predicted octanol–water partition coefficient (Wildman–Crippen LogP) is 1.29. The lowest BCUT2D eigenvalue weighted by Crippen LogP contribution is -2.29. The van der Waals surface area contributed by atoms with Crippen molar-refractivity contribution in [3.63, 3.8) is 0 Å². The van der Waals surface area contributed by atoms with Crippen LogP contribution in [0.15, 0.2) is 55.1 Å². The molecule has 3 aromatic rings. The van der Waals surface area contributed by atoms with Gasteiger partial charge in [-0.15, -0.1) is 0 Å². The number of ether oxygens (including phenoxy) is 1. The molecule has 0 radical (unpaired) electrons. The van der Waals surface area contributed by atoms with Gasteiger partial charge < -0.3 is 14.4 Å². The molecule has 1 aromatic carbocycles. The van der Waals surface area contributed by atoms with E-state index < -0.39 is 6.10 Å². The standard InChI is InChI=1S/C19H23N5O2/c1-22-8-7-20-19(22)14-23-12-17(25)18(13-23)26-16-9-21-24(11-16)10-15-5-3-2-4-6-15/h2-9,11,17-18,25H,10,12-14H2,1H3/t17-,18-/m1/s1. The van der Waals surface area contributed by atoms with Crippen molar-refractivity contribution in [2.75, 3.05) is 13.1 Å². The Morgan fingerprint density at radius 1 is 1.19 bits per heavy atom. The van der Waals surface area contributed by atoms with Gasteiger partial charge in [-0.2, -0.15) is 5.10 Å². The molecular formula is C19H23N5O2. The summed E-state index contributed by atoms with van der Waals surface area (Å²) >= 11 is 0. The number of rotatable bonds is 6. The van der Waals surface area contributed by atoms with E-state index in [1.54, 1.807) is 12.4 Å². The molecule has 1 aliphatic rings. The van der Waals surface area contributed by atoms with Crippen molar-refractivity contribution in [1.29, 1.82) is 0 Å². The van der Waals surface area contributed by atoms with Crippen LogP contribution in [0.5, 0.6) is 5.75 Å². The summed E-state index contributed by atoms with van der Waals surface area (Å²) in [6.07, 6.45) is 6.52. The van der Waals surface area contributed by atoms with E-state index in [4.69, 9.17) is 4.74 Å². The Balaban J connectivity index is 1.35. The Morgan fingerprint density at radius 2 is 2.04 bits per heavy atom. The van der Waals surface area contributed by atoms with Crippen LogP contribution >= 0.6 is 0 Å². The highest BCUT2D eigenvalue weighted by molar-refractivity contribution is 5.18. The number of imidazole rings is 1. The molecule has 0 saturated carbocycles. The maximum Gasteiger partial charge on any atom is 0.157 e. The minimum Gasteiger partial charge on any atom is -0.483 e. The second kappa shape index (κ2) is 7.31. The molecule has 0 spiro atoms. The summed E-state index contributed by atoms with van der Waals surface area (Å²) in [6.45, 7) is 2.64. The van der Waals surface area contributed by atoms with Gasteiger partial charge in [-0.25, -0.2) is 4.98 Å². The SMILES string of the molecule is Cn1ccnc1CN1C[C@@H](O)[C@H](Oc2cnn(Cc3ccccc3)c2)C1. The number of hydrogen-bond donors (Lipinski definition) is 1. The number of likely N-dealkylation sites (tertiary alicyclic amines) is 1. The molecule has 7 heteroatoms. The van der Waals surface area contributed by atoms with E-state index in [0.29, 0.717) is 31.9 Å². The van der Waals surface area contributed by atoms with Gasteiger partial charge in [0.25, 0.3) is 0 Å². The Bertz CT molecular complexity index is 845. The number of aryl methyl sites for hydroxylation is 1. The highest BCUT2D eigenvalue weighted by atomic mass is 16.5. The third-order valence-electron chi connectivity index (χ3n) is 4.68. The molecule has 26 heavy (non-hydrogen) atoms. The van der Waals surface area contributed by atoms with Gasteiger partial charge in [0.1, 0.15) is 18.0 Å². The quantitative estimate of drug-likeness (QED) is 0.723. The highest BCUT2D eigenvalue weighted by Gasteiger charge is 2.33. The topological polar surface area (TPSA) is 68.3 Å². The van der Waals surface area contributed by atoms with Crippen molar-refractivity contribution in [2.24, 2.45) is 7.05 Å². The Hall–Kier alpha value is -2.64. The minimum absolute atomic E-state index is 0.260. The van der Waals surface area contributed by atoms with Crippen LogP contribution in [0.2, 0.25) is 0 Å². The summed E-state index contributed by atoms with van der Waals surface area (Å²) in [6, 6.07) is 10.2. The first-order chi connectivity index (χ1) is 12.7. The van der Waals surface area contributed by atoms with Crippen LogP contribution in [-0.2, 0) is 20.1 Å². The molecule has 2 aromatic heterocycles. The first-order valence-electron chi connectivity index (χ1n) is 8.77. The maximum atomic E-state index is 10.3. The molecule has 3 heterocycles. The number of aliphatic hydroxyl groups excluding tert-OH is 1. The summed E-state index contributed by atoms with van der Waals surface area (Å²) in [7, 11) is 1.98. The van der Waals surface area contributed by atoms with Crippen molar-refractivity contribution < 1.29 is 9.84 Å². The first kappa shape index (κ1) is 16.8. The molecule has 4 rings (SSSR count). The molecule has 1 N–H and O–H groups in total. The van der Waals surface area contributed by atoms with Gasteiger partial charge in [0.15, 0.2) is 5.75 Å². The van der Waals surface area contributed by atoms with E-state index in [1.807, 2.05) is 46.9 Å². The number of aliphatic hydroxyl groups is 1. The molecule has 1 fully saturated rings. The molecular weight excluding hydrogens is 330 g/mol. The van der Waals surface area contributed by atoms with Crippen LogP contribution in [0.4, 0.5) is 0 Å². The number of aromatic nitrogens is 4. The average molecular weight is 353 g/mol. The zero-order valence-electron chi connectivity index (χ0n) is 14.8. The van der Waals surface area contributed by atoms with Crippen LogP contribution in [-0.4, -0.2) is 54.6 Å². The minimum atomic E-state index is -0.521. The molecule has 0 amide bonds. The zero-order chi connectivity index (χ0) is 17.9. The fourth-order valence-corrected chi connectivity index (χ4v) is 3.26. The Labute approximate surface area is 152 Å². The number of β-amino-alcohol motifs (C(OH)–C–C–N with tert-alkyl or cyclic N) is 1. The van der Waals surface area contributed by atoms with Gasteiger partial charge in [-0.1, -0.05) is 30.3 Å².